The minimum absolute atomic E-state index is 0.360. The second-order valence-electron chi connectivity index (χ2n) is 4.83. The molecule has 0 bridgehead atoms. The molecule has 0 aromatic heterocycles. The number of benzene rings is 1. The summed E-state index contributed by atoms with van der Waals surface area (Å²) in [5.41, 5.74) is 3.16. The van der Waals surface area contributed by atoms with Crippen LogP contribution in [0.5, 0.6) is 11.5 Å². The molecule has 0 amide bonds. The van der Waals surface area contributed by atoms with E-state index in [1.807, 2.05) is 52.0 Å². The molecule has 1 N–H and O–H groups in total. The van der Waals surface area contributed by atoms with Gasteiger partial charge in [-0.1, -0.05) is 44.7 Å². The maximum Gasteiger partial charge on any atom is 0.231 e. The van der Waals surface area contributed by atoms with Gasteiger partial charge in [-0.3, -0.25) is 0 Å². The highest BCUT2D eigenvalue weighted by Gasteiger charge is 2.12. The Morgan fingerprint density at radius 2 is 1.61 bits per heavy atom. The summed E-state index contributed by atoms with van der Waals surface area (Å²) in [7, 11) is 0. The van der Waals surface area contributed by atoms with Gasteiger partial charge in [0.2, 0.25) is 6.79 Å². The van der Waals surface area contributed by atoms with Crippen molar-refractivity contribution in [2.75, 3.05) is 19.9 Å². The second-order valence-corrected chi connectivity index (χ2v) is 4.83. The van der Waals surface area contributed by atoms with Crippen molar-refractivity contribution in [1.82, 2.24) is 5.32 Å². The van der Waals surface area contributed by atoms with E-state index >= 15 is 0 Å². The Balaban J connectivity index is 0.000000213. The summed E-state index contributed by atoms with van der Waals surface area (Å²) < 4.78 is 15.5. The Morgan fingerprint density at radius 1 is 1.04 bits per heavy atom. The van der Waals surface area contributed by atoms with E-state index < -0.39 is 0 Å². The standard InChI is InChI=1S/C10H15NO.C7H6O2.C2H6/c1-7(2)8(3)10-9(4)12-6-5-11-10;1-2-4-7-6(3-1)8-5-9-7;1-2/h11H,1,4-6H2,2-3H3;1-4H,5H2;1-2H3/b10-8+;;. The Kier molecular flexibility index (Phi) is 7.81. The molecule has 0 aliphatic carbocycles. The van der Waals surface area contributed by atoms with Gasteiger partial charge in [-0.05, 0) is 31.6 Å². The van der Waals surface area contributed by atoms with Gasteiger partial charge in [0, 0.05) is 6.54 Å². The number of para-hydroxylation sites is 2. The van der Waals surface area contributed by atoms with Crippen molar-refractivity contribution in [2.24, 2.45) is 0 Å². The third-order valence-electron chi connectivity index (χ3n) is 3.25. The third-order valence-corrected chi connectivity index (χ3v) is 3.25. The number of rotatable bonds is 1. The molecule has 0 radical (unpaired) electrons. The summed E-state index contributed by atoms with van der Waals surface area (Å²) in [5, 5.41) is 3.24. The van der Waals surface area contributed by atoms with E-state index in [-0.39, 0.29) is 0 Å². The molecule has 23 heavy (non-hydrogen) atoms. The average Bonchev–Trinajstić information content (AvgIpc) is 3.06. The molecule has 0 unspecified atom stereocenters. The van der Waals surface area contributed by atoms with Crippen LogP contribution in [0, 0.1) is 0 Å². The van der Waals surface area contributed by atoms with Crippen LogP contribution in [0.4, 0.5) is 0 Å². The molecule has 1 fully saturated rings. The first-order valence-corrected chi connectivity index (χ1v) is 7.87. The molecule has 0 spiro atoms. The molecule has 1 saturated heterocycles. The summed E-state index contributed by atoms with van der Waals surface area (Å²) in [6, 6.07) is 7.63. The van der Waals surface area contributed by atoms with Crippen molar-refractivity contribution in [3.63, 3.8) is 0 Å². The van der Waals surface area contributed by atoms with Gasteiger partial charge < -0.3 is 19.5 Å². The summed E-state index contributed by atoms with van der Waals surface area (Å²) in [5.74, 6) is 2.41. The molecule has 2 aliphatic rings. The molecule has 126 valence electrons. The first-order chi connectivity index (χ1) is 11.1. The lowest BCUT2D eigenvalue weighted by atomic mass is 10.1. The Hall–Kier alpha value is -2.36. The fourth-order valence-electron chi connectivity index (χ4n) is 1.92. The van der Waals surface area contributed by atoms with Crippen LogP contribution < -0.4 is 14.8 Å². The molecule has 0 atom stereocenters. The first-order valence-electron chi connectivity index (χ1n) is 7.87. The number of hydrogen-bond donors (Lipinski definition) is 1. The lowest BCUT2D eigenvalue weighted by Crippen LogP contribution is -2.28. The van der Waals surface area contributed by atoms with Crippen LogP contribution in [0.2, 0.25) is 0 Å². The van der Waals surface area contributed by atoms with E-state index in [1.54, 1.807) is 0 Å². The van der Waals surface area contributed by atoms with Gasteiger partial charge in [0.1, 0.15) is 12.4 Å². The normalized spacial score (nSPS) is 16.6. The Labute approximate surface area is 139 Å². The summed E-state index contributed by atoms with van der Waals surface area (Å²) in [6.07, 6.45) is 0. The van der Waals surface area contributed by atoms with Gasteiger partial charge in [0.25, 0.3) is 0 Å². The number of nitrogens with one attached hydrogen (secondary N) is 1. The fourth-order valence-corrected chi connectivity index (χ4v) is 1.92. The molecule has 2 heterocycles. The lowest BCUT2D eigenvalue weighted by Gasteiger charge is -2.22. The van der Waals surface area contributed by atoms with Crippen LogP contribution in [0.15, 0.2) is 60.0 Å². The second kappa shape index (κ2) is 9.62. The largest absolute Gasteiger partial charge is 0.490 e. The van der Waals surface area contributed by atoms with Crippen molar-refractivity contribution in [3.05, 3.63) is 60.0 Å². The van der Waals surface area contributed by atoms with Gasteiger partial charge in [-0.25, -0.2) is 0 Å². The van der Waals surface area contributed by atoms with Crippen molar-refractivity contribution < 1.29 is 14.2 Å². The van der Waals surface area contributed by atoms with Gasteiger partial charge in [-0.15, -0.1) is 0 Å². The van der Waals surface area contributed by atoms with Crippen LogP contribution in [-0.2, 0) is 4.74 Å². The zero-order valence-corrected chi connectivity index (χ0v) is 14.6. The highest BCUT2D eigenvalue weighted by Crippen LogP contribution is 2.30. The lowest BCUT2D eigenvalue weighted by molar-refractivity contribution is 0.174. The van der Waals surface area contributed by atoms with Crippen LogP contribution in [0.1, 0.15) is 27.7 Å². The Bertz CT molecular complexity index is 553. The quantitative estimate of drug-likeness (QED) is 0.833. The third kappa shape index (κ3) is 5.40. The average molecular weight is 317 g/mol. The zero-order chi connectivity index (χ0) is 17.2. The zero-order valence-electron chi connectivity index (χ0n) is 14.6. The van der Waals surface area contributed by atoms with Crippen molar-refractivity contribution >= 4 is 0 Å². The van der Waals surface area contributed by atoms with E-state index in [4.69, 9.17) is 14.2 Å². The predicted octanol–water partition coefficient (Wildman–Crippen LogP) is 4.41. The van der Waals surface area contributed by atoms with E-state index in [9.17, 15) is 0 Å². The number of hydrogen-bond acceptors (Lipinski definition) is 4. The molecule has 0 saturated carbocycles. The van der Waals surface area contributed by atoms with Crippen molar-refractivity contribution in [1.29, 1.82) is 0 Å². The minimum Gasteiger partial charge on any atom is -0.490 e. The molecule has 4 nitrogen and oxygen atoms in total. The fraction of sp³-hybridized carbons (Fsp3) is 0.368. The number of morpholine rings is 1. The van der Waals surface area contributed by atoms with Gasteiger partial charge in [-0.2, -0.15) is 0 Å². The number of allylic oxidation sites excluding steroid dienone is 2. The maximum atomic E-state index is 5.31. The molecule has 2 aliphatic heterocycles. The van der Waals surface area contributed by atoms with Crippen molar-refractivity contribution in [2.45, 2.75) is 27.7 Å². The summed E-state index contributed by atoms with van der Waals surface area (Å²) >= 11 is 0. The molecule has 3 rings (SSSR count). The maximum absolute atomic E-state index is 5.31. The van der Waals surface area contributed by atoms with E-state index in [0.29, 0.717) is 13.4 Å². The van der Waals surface area contributed by atoms with Crippen molar-refractivity contribution in [3.8, 4) is 11.5 Å². The topological polar surface area (TPSA) is 39.7 Å². The molecular weight excluding hydrogens is 290 g/mol. The highest BCUT2D eigenvalue weighted by molar-refractivity contribution is 5.41. The van der Waals surface area contributed by atoms with E-state index in [1.165, 1.54) is 0 Å². The molecular formula is C19H27NO3. The number of ether oxygens (including phenoxy) is 3. The number of fused-ring (bicyclic) bond motifs is 1. The monoisotopic (exact) mass is 317 g/mol. The Morgan fingerprint density at radius 3 is 2.09 bits per heavy atom. The van der Waals surface area contributed by atoms with Gasteiger partial charge in [0.05, 0.1) is 5.70 Å². The molecule has 1 aromatic carbocycles. The molecule has 1 aromatic rings. The van der Waals surface area contributed by atoms with Crippen LogP contribution in [0.25, 0.3) is 0 Å². The molecule has 4 heteroatoms. The first kappa shape index (κ1) is 18.7. The smallest absolute Gasteiger partial charge is 0.231 e. The van der Waals surface area contributed by atoms with Gasteiger partial charge >= 0.3 is 0 Å². The van der Waals surface area contributed by atoms with Crippen LogP contribution in [0.3, 0.4) is 0 Å². The van der Waals surface area contributed by atoms with Crippen LogP contribution >= 0.6 is 0 Å². The SMILES string of the molecule is C=C(C)/C(C)=C1/NCCOC1=C.CC.c1ccc2c(c1)OCO2. The van der Waals surface area contributed by atoms with Crippen LogP contribution in [-0.4, -0.2) is 19.9 Å². The summed E-state index contributed by atoms with van der Waals surface area (Å²) in [6.45, 7) is 17.6. The summed E-state index contributed by atoms with van der Waals surface area (Å²) in [4.78, 5) is 0. The van der Waals surface area contributed by atoms with E-state index in [2.05, 4.69) is 18.5 Å². The van der Waals surface area contributed by atoms with E-state index in [0.717, 1.165) is 40.6 Å². The highest BCUT2D eigenvalue weighted by atomic mass is 16.7. The minimum atomic E-state index is 0.360. The predicted molar refractivity (Wildman–Crippen MR) is 94.5 cm³/mol. The van der Waals surface area contributed by atoms with Gasteiger partial charge in [0.15, 0.2) is 11.5 Å².